The molecular formula is C21H25ClN6O3. The van der Waals surface area contributed by atoms with E-state index in [-0.39, 0.29) is 23.0 Å². The van der Waals surface area contributed by atoms with Crippen LogP contribution in [0.2, 0.25) is 5.02 Å². The largest absolute Gasteiger partial charge is 0.460 e. The molecule has 1 aromatic carbocycles. The van der Waals surface area contributed by atoms with Crippen LogP contribution in [0.15, 0.2) is 29.1 Å². The predicted octanol–water partition coefficient (Wildman–Crippen LogP) is 2.77. The summed E-state index contributed by atoms with van der Waals surface area (Å²) in [5.74, 6) is 0.118. The highest BCUT2D eigenvalue weighted by Gasteiger charge is 2.30. The molecule has 3 heterocycles. The number of piperidine rings is 1. The molecule has 0 saturated carbocycles. The summed E-state index contributed by atoms with van der Waals surface area (Å²) in [6.45, 7) is 7.12. The topological polar surface area (TPSA) is 106 Å². The monoisotopic (exact) mass is 444 g/mol. The van der Waals surface area contributed by atoms with Crippen molar-refractivity contribution in [1.82, 2.24) is 25.0 Å². The molecule has 0 radical (unpaired) electrons. The molecule has 0 amide bonds. The number of carbonyl (C=O) groups is 1. The minimum Gasteiger partial charge on any atom is -0.460 e. The number of rotatable bonds is 4. The number of fused-ring (bicyclic) bond motifs is 1. The van der Waals surface area contributed by atoms with Crippen molar-refractivity contribution in [2.24, 2.45) is 5.92 Å². The van der Waals surface area contributed by atoms with E-state index in [0.717, 1.165) is 5.56 Å². The van der Waals surface area contributed by atoms with Gasteiger partial charge in [0, 0.05) is 18.1 Å². The van der Waals surface area contributed by atoms with Crippen LogP contribution >= 0.6 is 11.6 Å². The molecule has 0 spiro atoms. The number of anilines is 1. The van der Waals surface area contributed by atoms with Crippen molar-refractivity contribution in [3.05, 3.63) is 45.2 Å². The summed E-state index contributed by atoms with van der Waals surface area (Å²) in [5, 5.41) is 8.69. The quantitative estimate of drug-likeness (QED) is 0.616. The third kappa shape index (κ3) is 4.71. The van der Waals surface area contributed by atoms with E-state index in [1.165, 1.54) is 0 Å². The summed E-state index contributed by atoms with van der Waals surface area (Å²) in [6, 6.07) is 7.44. The second kappa shape index (κ2) is 8.30. The fraction of sp³-hybridized carbons (Fsp3) is 0.476. The number of ether oxygens (including phenoxy) is 1. The van der Waals surface area contributed by atoms with Gasteiger partial charge in [-0.05, 0) is 45.2 Å². The Morgan fingerprint density at radius 3 is 2.65 bits per heavy atom. The first-order valence-electron chi connectivity index (χ1n) is 10.3. The summed E-state index contributed by atoms with van der Waals surface area (Å²) >= 11 is 6.26. The molecule has 1 aliphatic heterocycles. The summed E-state index contributed by atoms with van der Waals surface area (Å²) in [4.78, 5) is 34.3. The second-order valence-corrected chi connectivity index (χ2v) is 9.10. The molecule has 0 unspecified atom stereocenters. The average molecular weight is 445 g/mol. The lowest BCUT2D eigenvalue weighted by Gasteiger charge is -2.32. The van der Waals surface area contributed by atoms with Crippen molar-refractivity contribution in [3.8, 4) is 0 Å². The maximum atomic E-state index is 12.6. The number of esters is 1. The Labute approximate surface area is 184 Å². The number of hydrogen-bond donors (Lipinski definition) is 1. The minimum absolute atomic E-state index is 0.154. The minimum atomic E-state index is -0.501. The lowest BCUT2D eigenvalue weighted by molar-refractivity contribution is -0.160. The normalized spacial score (nSPS) is 15.4. The fourth-order valence-corrected chi connectivity index (χ4v) is 3.81. The van der Waals surface area contributed by atoms with Crippen molar-refractivity contribution in [2.45, 2.75) is 45.8 Å². The van der Waals surface area contributed by atoms with E-state index in [1.54, 1.807) is 10.7 Å². The molecule has 2 aromatic heterocycles. The highest BCUT2D eigenvalue weighted by atomic mass is 35.5. The Morgan fingerprint density at radius 2 is 1.97 bits per heavy atom. The Bertz CT molecular complexity index is 1160. The molecule has 3 aromatic rings. The highest BCUT2D eigenvalue weighted by Crippen LogP contribution is 2.24. The molecule has 4 rings (SSSR count). The van der Waals surface area contributed by atoms with Gasteiger partial charge >= 0.3 is 5.97 Å². The average Bonchev–Trinajstić information content (AvgIpc) is 3.12. The van der Waals surface area contributed by atoms with Crippen LogP contribution in [0.4, 0.5) is 5.95 Å². The Hall–Kier alpha value is -2.94. The summed E-state index contributed by atoms with van der Waals surface area (Å²) in [7, 11) is 0. The van der Waals surface area contributed by atoms with Crippen LogP contribution in [0.1, 0.15) is 39.2 Å². The van der Waals surface area contributed by atoms with E-state index >= 15 is 0 Å². The molecule has 31 heavy (non-hydrogen) atoms. The van der Waals surface area contributed by atoms with Crippen molar-refractivity contribution < 1.29 is 9.53 Å². The highest BCUT2D eigenvalue weighted by molar-refractivity contribution is 6.31. The number of carbonyl (C=O) groups excluding carboxylic acids is 1. The maximum absolute atomic E-state index is 12.6. The maximum Gasteiger partial charge on any atom is 0.309 e. The van der Waals surface area contributed by atoms with Gasteiger partial charge in [-0.1, -0.05) is 35.0 Å². The number of hydrogen-bond acceptors (Lipinski definition) is 7. The third-order valence-electron chi connectivity index (χ3n) is 5.17. The third-order valence-corrected chi connectivity index (χ3v) is 5.54. The van der Waals surface area contributed by atoms with E-state index in [9.17, 15) is 9.59 Å². The number of halogens is 1. The molecular weight excluding hydrogens is 420 g/mol. The lowest BCUT2D eigenvalue weighted by Crippen LogP contribution is -2.40. The SMILES string of the molecule is CC(C)(C)OC(=O)C1CCN(c2nc3c(nnn3Cc3ccccc3Cl)c(=O)[nH]2)CC1. The number of benzene rings is 1. The van der Waals surface area contributed by atoms with Gasteiger partial charge in [-0.2, -0.15) is 4.98 Å². The number of nitrogens with zero attached hydrogens (tertiary/aromatic N) is 5. The zero-order chi connectivity index (χ0) is 22.2. The second-order valence-electron chi connectivity index (χ2n) is 8.70. The van der Waals surface area contributed by atoms with Gasteiger partial charge in [0.2, 0.25) is 5.95 Å². The molecule has 1 fully saturated rings. The van der Waals surface area contributed by atoms with Gasteiger partial charge < -0.3 is 9.64 Å². The van der Waals surface area contributed by atoms with Crippen molar-refractivity contribution in [1.29, 1.82) is 0 Å². The molecule has 10 heteroatoms. The van der Waals surface area contributed by atoms with Crippen molar-refractivity contribution in [2.75, 3.05) is 18.0 Å². The van der Waals surface area contributed by atoms with Gasteiger partial charge in [-0.3, -0.25) is 14.6 Å². The number of H-pyrrole nitrogens is 1. The summed E-state index contributed by atoms with van der Waals surface area (Å²) < 4.78 is 7.08. The van der Waals surface area contributed by atoms with Crippen LogP contribution < -0.4 is 10.5 Å². The van der Waals surface area contributed by atoms with E-state index in [4.69, 9.17) is 16.3 Å². The van der Waals surface area contributed by atoms with Crippen LogP contribution in [-0.2, 0) is 16.1 Å². The number of nitrogens with one attached hydrogen (secondary N) is 1. The summed E-state index contributed by atoms with van der Waals surface area (Å²) in [6.07, 6.45) is 1.27. The Balaban J connectivity index is 1.54. The van der Waals surface area contributed by atoms with Gasteiger partial charge in [-0.25, -0.2) is 4.68 Å². The van der Waals surface area contributed by atoms with Gasteiger partial charge in [0.15, 0.2) is 11.2 Å². The zero-order valence-corrected chi connectivity index (χ0v) is 18.5. The standard InChI is InChI=1S/C21H25ClN6O3/c1-21(2,3)31-19(30)13-8-10-27(11-9-13)20-23-17-16(18(29)24-20)25-26-28(17)12-14-6-4-5-7-15(14)22/h4-7,13H,8-12H2,1-3H3,(H,23,24,29). The van der Waals surface area contributed by atoms with Crippen LogP contribution in [0.25, 0.3) is 11.2 Å². The van der Waals surface area contributed by atoms with E-state index in [2.05, 4.69) is 20.3 Å². The first-order valence-corrected chi connectivity index (χ1v) is 10.6. The van der Waals surface area contributed by atoms with Gasteiger partial charge in [0.25, 0.3) is 5.56 Å². The molecule has 0 atom stereocenters. The molecule has 0 aliphatic carbocycles. The van der Waals surface area contributed by atoms with E-state index in [0.29, 0.717) is 49.1 Å². The zero-order valence-electron chi connectivity index (χ0n) is 17.8. The van der Waals surface area contributed by atoms with E-state index in [1.807, 2.05) is 43.9 Å². The first-order chi connectivity index (χ1) is 14.7. The fourth-order valence-electron chi connectivity index (χ4n) is 3.61. The molecule has 0 bridgehead atoms. The molecule has 9 nitrogen and oxygen atoms in total. The predicted molar refractivity (Wildman–Crippen MR) is 117 cm³/mol. The Kier molecular flexibility index (Phi) is 5.70. The van der Waals surface area contributed by atoms with Gasteiger partial charge in [0.1, 0.15) is 5.60 Å². The van der Waals surface area contributed by atoms with Crippen LogP contribution in [0.3, 0.4) is 0 Å². The van der Waals surface area contributed by atoms with Crippen molar-refractivity contribution in [3.63, 3.8) is 0 Å². The molecule has 1 aliphatic rings. The lowest BCUT2D eigenvalue weighted by atomic mass is 9.97. The number of aromatic nitrogens is 5. The van der Waals surface area contributed by atoms with E-state index < -0.39 is 5.60 Å². The smallest absolute Gasteiger partial charge is 0.309 e. The van der Waals surface area contributed by atoms with Crippen LogP contribution in [0, 0.1) is 5.92 Å². The molecule has 1 N–H and O–H groups in total. The Morgan fingerprint density at radius 1 is 1.26 bits per heavy atom. The number of aromatic amines is 1. The molecule has 1 saturated heterocycles. The molecule has 164 valence electrons. The van der Waals surface area contributed by atoms with Crippen molar-refractivity contribution >= 4 is 34.7 Å². The van der Waals surface area contributed by atoms with Gasteiger partial charge in [0.05, 0.1) is 12.5 Å². The summed E-state index contributed by atoms with van der Waals surface area (Å²) in [5.41, 5.74) is 0.587. The van der Waals surface area contributed by atoms with Crippen LogP contribution in [0.5, 0.6) is 0 Å². The first kappa shape index (κ1) is 21.3. The van der Waals surface area contributed by atoms with Crippen LogP contribution in [-0.4, -0.2) is 49.6 Å². The van der Waals surface area contributed by atoms with Gasteiger partial charge in [-0.15, -0.1) is 5.10 Å².